The summed E-state index contributed by atoms with van der Waals surface area (Å²) in [5, 5.41) is 12.1. The van der Waals surface area contributed by atoms with Gasteiger partial charge in [-0.2, -0.15) is 8.78 Å². The Morgan fingerprint density at radius 3 is 2.62 bits per heavy atom. The average Bonchev–Trinajstić information content (AvgIpc) is 2.67. The highest BCUT2D eigenvalue weighted by molar-refractivity contribution is 7.91. The molecule has 3 rings (SSSR count). The number of anilines is 1. The van der Waals surface area contributed by atoms with E-state index < -0.39 is 37.2 Å². The van der Waals surface area contributed by atoms with Crippen LogP contribution in [0.1, 0.15) is 18.6 Å². The van der Waals surface area contributed by atoms with E-state index in [0.717, 1.165) is 11.6 Å². The number of halogens is 3. The number of morpholine rings is 1. The number of alkyl halides is 2. The molecule has 1 aliphatic heterocycles. The molecule has 0 radical (unpaired) electrons. The number of nitro groups is 1. The van der Waals surface area contributed by atoms with Crippen molar-refractivity contribution in [2.24, 2.45) is 0 Å². The van der Waals surface area contributed by atoms with Crippen LogP contribution < -0.4 is 4.90 Å². The summed E-state index contributed by atoms with van der Waals surface area (Å²) in [5.74, 6) is -3.66. The third-order valence-corrected chi connectivity index (χ3v) is 6.28. The van der Waals surface area contributed by atoms with Crippen LogP contribution in [0, 0.1) is 10.1 Å². The normalized spacial score (nSPS) is 20.1. The molecule has 1 fully saturated rings. The first-order chi connectivity index (χ1) is 13.6. The van der Waals surface area contributed by atoms with Crippen molar-refractivity contribution in [3.05, 3.63) is 63.2 Å². The Hall–Kier alpha value is -2.30. The summed E-state index contributed by atoms with van der Waals surface area (Å²) in [6.45, 7) is 2.29. The fourth-order valence-corrected chi connectivity index (χ4v) is 4.11. The number of nitrogens with zero attached hydrogens (tertiary/aromatic N) is 2. The smallest absolute Gasteiger partial charge is 0.341 e. The van der Waals surface area contributed by atoms with Crippen molar-refractivity contribution in [3.8, 4) is 0 Å². The van der Waals surface area contributed by atoms with Crippen LogP contribution in [0.5, 0.6) is 0 Å². The maximum atomic E-state index is 12.8. The SMILES string of the molecule is CC1COC(c2cccc(Cl)c2)CN1c1ccc(S(=O)(=O)C(F)F)cc1[N+](=O)[O-]. The highest BCUT2D eigenvalue weighted by Gasteiger charge is 2.34. The minimum absolute atomic E-state index is 0.131. The second kappa shape index (κ2) is 8.21. The van der Waals surface area contributed by atoms with Crippen LogP contribution in [0.4, 0.5) is 20.2 Å². The summed E-state index contributed by atoms with van der Waals surface area (Å²) in [6, 6.07) is 9.57. The zero-order chi connectivity index (χ0) is 21.3. The molecule has 29 heavy (non-hydrogen) atoms. The van der Waals surface area contributed by atoms with Gasteiger partial charge in [0.2, 0.25) is 9.84 Å². The van der Waals surface area contributed by atoms with Crippen molar-refractivity contribution in [1.82, 2.24) is 0 Å². The molecule has 2 unspecified atom stereocenters. The van der Waals surface area contributed by atoms with Crippen LogP contribution in [0.15, 0.2) is 47.4 Å². The molecular weight excluding hydrogens is 430 g/mol. The first-order valence-corrected chi connectivity index (χ1v) is 10.5. The maximum Gasteiger partial charge on any atom is 0.341 e. The van der Waals surface area contributed by atoms with Gasteiger partial charge in [0.25, 0.3) is 5.69 Å². The molecule has 7 nitrogen and oxygen atoms in total. The average molecular weight is 447 g/mol. The number of hydrogen-bond donors (Lipinski definition) is 0. The standard InChI is InChI=1S/C18H17ClF2N2O5S/c1-11-10-28-17(12-3-2-4-13(19)7-12)9-22(11)15-6-5-14(8-16(15)23(24)25)29(26,27)18(20)21/h2-8,11,17-18H,9-10H2,1H3. The molecule has 0 N–H and O–H groups in total. The summed E-state index contributed by atoms with van der Waals surface area (Å²) in [4.78, 5) is 11.7. The summed E-state index contributed by atoms with van der Waals surface area (Å²) in [6.07, 6.45) is -0.422. The van der Waals surface area contributed by atoms with Gasteiger partial charge < -0.3 is 9.64 Å². The first-order valence-electron chi connectivity index (χ1n) is 8.55. The van der Waals surface area contributed by atoms with Crippen molar-refractivity contribution in [2.45, 2.75) is 29.7 Å². The fourth-order valence-electron chi connectivity index (χ4n) is 3.17. The van der Waals surface area contributed by atoms with Gasteiger partial charge in [-0.1, -0.05) is 23.7 Å². The van der Waals surface area contributed by atoms with Gasteiger partial charge in [0.1, 0.15) is 11.8 Å². The molecule has 11 heteroatoms. The molecule has 0 saturated carbocycles. The molecule has 1 aliphatic rings. The minimum atomic E-state index is -4.95. The Bertz CT molecular complexity index is 1030. The number of nitro benzene ring substituents is 1. The first kappa shape index (κ1) is 21.4. The van der Waals surface area contributed by atoms with E-state index in [0.29, 0.717) is 11.1 Å². The van der Waals surface area contributed by atoms with Crippen LogP contribution in [0.25, 0.3) is 0 Å². The molecule has 1 saturated heterocycles. The monoisotopic (exact) mass is 446 g/mol. The van der Waals surface area contributed by atoms with Gasteiger partial charge in [-0.05, 0) is 36.8 Å². The summed E-state index contributed by atoms with van der Waals surface area (Å²) >= 11 is 6.02. The Morgan fingerprint density at radius 2 is 2.00 bits per heavy atom. The van der Waals surface area contributed by atoms with E-state index in [2.05, 4.69) is 0 Å². The molecule has 1 heterocycles. The Morgan fingerprint density at radius 1 is 1.28 bits per heavy atom. The lowest BCUT2D eigenvalue weighted by Crippen LogP contribution is -2.45. The lowest BCUT2D eigenvalue weighted by atomic mass is 10.0. The predicted octanol–water partition coefficient (Wildman–Crippen LogP) is 4.21. The van der Waals surface area contributed by atoms with E-state index in [1.165, 1.54) is 6.07 Å². The zero-order valence-corrected chi connectivity index (χ0v) is 16.7. The molecule has 0 bridgehead atoms. The van der Waals surface area contributed by atoms with E-state index >= 15 is 0 Å². The van der Waals surface area contributed by atoms with Crippen LogP contribution in [0.3, 0.4) is 0 Å². The minimum Gasteiger partial charge on any atom is -0.370 e. The van der Waals surface area contributed by atoms with Crippen LogP contribution in [0.2, 0.25) is 5.02 Å². The molecule has 2 aromatic rings. The second-order valence-corrected chi connectivity index (χ2v) is 8.95. The maximum absolute atomic E-state index is 12.8. The number of sulfone groups is 1. The van der Waals surface area contributed by atoms with Crippen molar-refractivity contribution in [1.29, 1.82) is 0 Å². The molecule has 2 aromatic carbocycles. The number of hydrogen-bond acceptors (Lipinski definition) is 6. The quantitative estimate of drug-likeness (QED) is 0.505. The predicted molar refractivity (Wildman–Crippen MR) is 103 cm³/mol. The third-order valence-electron chi connectivity index (χ3n) is 4.67. The molecule has 0 spiro atoms. The van der Waals surface area contributed by atoms with E-state index in [1.54, 1.807) is 30.0 Å². The summed E-state index contributed by atoms with van der Waals surface area (Å²) in [7, 11) is -4.95. The van der Waals surface area contributed by atoms with Gasteiger partial charge in [0.05, 0.1) is 16.4 Å². The Balaban J connectivity index is 2.00. The molecular formula is C18H17ClF2N2O5S. The molecule has 0 amide bonds. The summed E-state index contributed by atoms with van der Waals surface area (Å²) in [5.41, 5.74) is 0.352. The molecule has 0 aromatic heterocycles. The zero-order valence-electron chi connectivity index (χ0n) is 15.2. The van der Waals surface area contributed by atoms with Gasteiger partial charge in [0, 0.05) is 23.7 Å². The largest absolute Gasteiger partial charge is 0.370 e. The Labute approximate surface area is 170 Å². The number of rotatable bonds is 5. The van der Waals surface area contributed by atoms with Crippen molar-refractivity contribution in [3.63, 3.8) is 0 Å². The van der Waals surface area contributed by atoms with Gasteiger partial charge in [0.15, 0.2) is 0 Å². The highest BCUT2D eigenvalue weighted by atomic mass is 35.5. The second-order valence-electron chi connectivity index (χ2n) is 6.59. The van der Waals surface area contributed by atoms with E-state index in [1.807, 2.05) is 6.07 Å². The van der Waals surface area contributed by atoms with E-state index in [9.17, 15) is 27.3 Å². The van der Waals surface area contributed by atoms with Gasteiger partial charge >= 0.3 is 5.76 Å². The van der Waals surface area contributed by atoms with Crippen molar-refractivity contribution >= 4 is 32.8 Å². The number of ether oxygens (including phenoxy) is 1. The highest BCUT2D eigenvalue weighted by Crippen LogP contribution is 2.37. The molecule has 156 valence electrons. The number of benzene rings is 2. The van der Waals surface area contributed by atoms with E-state index in [-0.39, 0.29) is 24.9 Å². The van der Waals surface area contributed by atoms with Crippen molar-refractivity contribution < 1.29 is 26.9 Å². The van der Waals surface area contributed by atoms with Crippen LogP contribution in [-0.2, 0) is 14.6 Å². The lowest BCUT2D eigenvalue weighted by Gasteiger charge is -2.39. The van der Waals surface area contributed by atoms with Crippen molar-refractivity contribution in [2.75, 3.05) is 18.1 Å². The van der Waals surface area contributed by atoms with Gasteiger partial charge in [-0.25, -0.2) is 8.42 Å². The van der Waals surface area contributed by atoms with Crippen LogP contribution in [-0.4, -0.2) is 38.3 Å². The Kier molecular flexibility index (Phi) is 6.06. The fraction of sp³-hybridized carbons (Fsp3) is 0.333. The lowest BCUT2D eigenvalue weighted by molar-refractivity contribution is -0.384. The molecule has 0 aliphatic carbocycles. The van der Waals surface area contributed by atoms with Gasteiger partial charge in [-0.3, -0.25) is 10.1 Å². The topological polar surface area (TPSA) is 89.8 Å². The van der Waals surface area contributed by atoms with E-state index in [4.69, 9.17) is 16.3 Å². The van der Waals surface area contributed by atoms with Crippen LogP contribution >= 0.6 is 11.6 Å². The third kappa shape index (κ3) is 4.34. The summed E-state index contributed by atoms with van der Waals surface area (Å²) < 4.78 is 54.9. The molecule has 2 atom stereocenters. The van der Waals surface area contributed by atoms with Gasteiger partial charge in [-0.15, -0.1) is 0 Å².